The predicted molar refractivity (Wildman–Crippen MR) is 477 cm³/mol. The first-order valence-corrected chi connectivity index (χ1v) is 40.2. The third-order valence-corrected chi connectivity index (χ3v) is 25.8. The van der Waals surface area contributed by atoms with Crippen molar-refractivity contribution in [3.8, 4) is 89.0 Å². The van der Waals surface area contributed by atoms with Gasteiger partial charge in [0.25, 0.3) is 0 Å². The van der Waals surface area contributed by atoms with Crippen LogP contribution in [0.2, 0.25) is 0 Å². The molecule has 2 atom stereocenters. The molecular weight excluding hydrogens is 1400 g/mol. The van der Waals surface area contributed by atoms with Gasteiger partial charge < -0.3 is 14.2 Å². The average Bonchev–Trinajstić information content (AvgIpc) is 1.51. The van der Waals surface area contributed by atoms with Gasteiger partial charge in [0.15, 0.2) is 0 Å². The molecule has 2 heterocycles. The quantitative estimate of drug-likeness (QED) is 0.136. The Morgan fingerprint density at radius 1 is 0.202 bits per heavy atom. The summed E-state index contributed by atoms with van der Waals surface area (Å²) < 4.78 is 9.49. The molecular formula is C110H70N2OS. The van der Waals surface area contributed by atoms with Crippen LogP contribution in [0.1, 0.15) is 44.5 Å². The van der Waals surface area contributed by atoms with E-state index in [1.807, 2.05) is 11.3 Å². The Bertz CT molecular complexity index is 6590. The zero-order chi connectivity index (χ0) is 75.0. The second-order valence-corrected chi connectivity index (χ2v) is 31.4. The second-order valence-electron chi connectivity index (χ2n) is 30.4. The SMILES string of the molecule is c1ccc(-c2ccc(N(c3ccc(-c4ccccc4)cc3)c3ccc4c(c3)C3(c5ccccc5-4)c4ccccc4-c4c3ccc3c4oc4ccccc43)cc2)cc1.c1ccc(-c2ccc(N(c3ccc(-c4ccccc4)cc3)c3ccc4c(c3)C3(c5ccccc5-4)c4ccccc4-c4c3ccc3c4sc4ccccc43)cc2)cc1. The molecule has 20 aromatic rings. The number of fused-ring (bicyclic) bond motifs is 28. The number of para-hydroxylation sites is 1. The summed E-state index contributed by atoms with van der Waals surface area (Å²) in [7, 11) is 0. The molecule has 532 valence electrons. The van der Waals surface area contributed by atoms with Crippen molar-refractivity contribution in [3.63, 3.8) is 0 Å². The van der Waals surface area contributed by atoms with Crippen LogP contribution in [0.4, 0.5) is 34.1 Å². The van der Waals surface area contributed by atoms with Gasteiger partial charge in [-0.15, -0.1) is 11.3 Å². The summed E-state index contributed by atoms with van der Waals surface area (Å²) in [4.78, 5) is 4.84. The molecule has 3 nitrogen and oxygen atoms in total. The molecule has 4 aliphatic rings. The fourth-order valence-corrected chi connectivity index (χ4v) is 21.0. The van der Waals surface area contributed by atoms with Gasteiger partial charge in [0, 0.05) is 76.2 Å². The number of hydrogen-bond acceptors (Lipinski definition) is 4. The second kappa shape index (κ2) is 26.1. The van der Waals surface area contributed by atoms with E-state index in [0.29, 0.717) is 0 Å². The van der Waals surface area contributed by atoms with Crippen LogP contribution in [0.5, 0.6) is 0 Å². The zero-order valence-corrected chi connectivity index (χ0v) is 62.9. The molecule has 0 aliphatic heterocycles. The standard InChI is InChI=1S/C55H35NO.C55H35NS/c2*1-3-13-36(14-4-1)38-23-27-40(28-24-38)56(41-29-25-39(26-30-41)37-15-5-2-6-16-37)42-31-32-44-43-17-7-10-20-48(43)55(51(44)35-42)49-21-11-8-19-47(49)53-50(55)34-33-46-45-18-9-12-22-52(45)57-54(46)53/h2*1-35H. The fourth-order valence-electron chi connectivity index (χ4n) is 19.7. The normalized spacial score (nSPS) is 14.7. The summed E-state index contributed by atoms with van der Waals surface area (Å²) in [6, 6.07) is 156. The lowest BCUT2D eigenvalue weighted by Crippen LogP contribution is -2.26. The third kappa shape index (κ3) is 9.88. The van der Waals surface area contributed by atoms with E-state index in [-0.39, 0.29) is 0 Å². The van der Waals surface area contributed by atoms with Crippen molar-refractivity contribution in [2.45, 2.75) is 10.8 Å². The Labute approximate surface area is 666 Å². The van der Waals surface area contributed by atoms with Crippen LogP contribution in [0.15, 0.2) is 429 Å². The molecule has 0 bridgehead atoms. The van der Waals surface area contributed by atoms with Crippen LogP contribution >= 0.6 is 11.3 Å². The Hall–Kier alpha value is -14.4. The van der Waals surface area contributed by atoms with Gasteiger partial charge in [-0.05, 0) is 207 Å². The number of rotatable bonds is 10. The van der Waals surface area contributed by atoms with E-state index in [9.17, 15) is 0 Å². The van der Waals surface area contributed by atoms with Crippen LogP contribution in [-0.2, 0) is 10.8 Å². The topological polar surface area (TPSA) is 19.6 Å². The van der Waals surface area contributed by atoms with E-state index in [1.165, 1.54) is 154 Å². The van der Waals surface area contributed by atoms with Gasteiger partial charge in [-0.1, -0.05) is 340 Å². The Kier molecular flexibility index (Phi) is 15.0. The summed E-state index contributed by atoms with van der Waals surface area (Å²) in [5.41, 5.74) is 38.1. The molecule has 0 saturated heterocycles. The van der Waals surface area contributed by atoms with Gasteiger partial charge >= 0.3 is 0 Å². The maximum atomic E-state index is 6.78. The van der Waals surface area contributed by atoms with Crippen molar-refractivity contribution < 1.29 is 4.42 Å². The van der Waals surface area contributed by atoms with Crippen molar-refractivity contribution in [1.29, 1.82) is 0 Å². The molecule has 114 heavy (non-hydrogen) atoms. The minimum absolute atomic E-state index is 0.460. The molecule has 0 fully saturated rings. The van der Waals surface area contributed by atoms with Gasteiger partial charge in [0.2, 0.25) is 0 Å². The van der Waals surface area contributed by atoms with Crippen LogP contribution in [-0.4, -0.2) is 0 Å². The highest BCUT2D eigenvalue weighted by Crippen LogP contribution is 2.67. The highest BCUT2D eigenvalue weighted by Gasteiger charge is 2.54. The lowest BCUT2D eigenvalue weighted by atomic mass is 9.70. The van der Waals surface area contributed by atoms with Gasteiger partial charge in [0.1, 0.15) is 11.2 Å². The first kappa shape index (κ1) is 65.5. The van der Waals surface area contributed by atoms with E-state index < -0.39 is 10.8 Å². The molecule has 0 radical (unpaired) electrons. The van der Waals surface area contributed by atoms with Crippen molar-refractivity contribution in [3.05, 3.63) is 469 Å². The van der Waals surface area contributed by atoms with Crippen LogP contribution in [0, 0.1) is 0 Å². The molecule has 4 heteroatoms. The molecule has 18 aromatic carbocycles. The lowest BCUT2D eigenvalue weighted by molar-refractivity contribution is 0.669. The van der Waals surface area contributed by atoms with Crippen LogP contribution in [0.3, 0.4) is 0 Å². The fraction of sp³-hybridized carbons (Fsp3) is 0.0182. The Morgan fingerprint density at radius 2 is 0.518 bits per heavy atom. The molecule has 0 amide bonds. The van der Waals surface area contributed by atoms with Crippen molar-refractivity contribution >= 4 is 87.6 Å². The first-order valence-electron chi connectivity index (χ1n) is 39.3. The highest BCUT2D eigenvalue weighted by atomic mass is 32.1. The largest absolute Gasteiger partial charge is 0.455 e. The molecule has 2 spiro atoms. The summed E-state index contributed by atoms with van der Waals surface area (Å²) >= 11 is 1.93. The van der Waals surface area contributed by atoms with E-state index in [4.69, 9.17) is 4.42 Å². The van der Waals surface area contributed by atoms with Gasteiger partial charge in [-0.2, -0.15) is 0 Å². The smallest absolute Gasteiger partial charge is 0.143 e. The maximum absolute atomic E-state index is 6.78. The molecule has 2 unspecified atom stereocenters. The molecule has 2 aromatic heterocycles. The molecule has 0 saturated carbocycles. The zero-order valence-electron chi connectivity index (χ0n) is 62.1. The summed E-state index contributed by atoms with van der Waals surface area (Å²) in [6.45, 7) is 0. The summed E-state index contributed by atoms with van der Waals surface area (Å²) in [5.74, 6) is 0. The van der Waals surface area contributed by atoms with E-state index >= 15 is 0 Å². The number of benzene rings is 18. The monoisotopic (exact) mass is 1470 g/mol. The summed E-state index contributed by atoms with van der Waals surface area (Å²) in [6.07, 6.45) is 0. The minimum atomic E-state index is -0.527. The predicted octanol–water partition coefficient (Wildman–Crippen LogP) is 29.9. The number of nitrogens with zero attached hydrogens (tertiary/aromatic N) is 2. The van der Waals surface area contributed by atoms with Gasteiger partial charge in [-0.25, -0.2) is 0 Å². The maximum Gasteiger partial charge on any atom is 0.143 e. The van der Waals surface area contributed by atoms with E-state index in [2.05, 4.69) is 434 Å². The number of furan rings is 1. The Balaban J connectivity index is 0.000000135. The van der Waals surface area contributed by atoms with Crippen molar-refractivity contribution in [2.75, 3.05) is 9.80 Å². The van der Waals surface area contributed by atoms with E-state index in [1.54, 1.807) is 0 Å². The van der Waals surface area contributed by atoms with Gasteiger partial charge in [-0.3, -0.25) is 0 Å². The van der Waals surface area contributed by atoms with Crippen LogP contribution < -0.4 is 9.80 Å². The number of thiophene rings is 1. The number of anilines is 6. The summed E-state index contributed by atoms with van der Waals surface area (Å²) in [5, 5.41) is 4.97. The van der Waals surface area contributed by atoms with Crippen molar-refractivity contribution in [2.24, 2.45) is 0 Å². The number of hydrogen-bond donors (Lipinski definition) is 0. The van der Waals surface area contributed by atoms with Crippen molar-refractivity contribution in [1.82, 2.24) is 0 Å². The molecule has 24 rings (SSSR count). The first-order chi connectivity index (χ1) is 56.5. The van der Waals surface area contributed by atoms with E-state index in [0.717, 1.165) is 56.1 Å². The molecule has 0 N–H and O–H groups in total. The minimum Gasteiger partial charge on any atom is -0.455 e. The van der Waals surface area contributed by atoms with Crippen LogP contribution in [0.25, 0.3) is 131 Å². The Morgan fingerprint density at radius 3 is 0.956 bits per heavy atom. The third-order valence-electron chi connectivity index (χ3n) is 24.6. The van der Waals surface area contributed by atoms with Gasteiger partial charge in [0.05, 0.1) is 10.8 Å². The highest BCUT2D eigenvalue weighted by molar-refractivity contribution is 7.26. The lowest BCUT2D eigenvalue weighted by Gasteiger charge is -2.32. The molecule has 4 aliphatic carbocycles. The average molecular weight is 1470 g/mol.